The Hall–Kier alpha value is -1.62. The molecule has 0 aromatic heterocycles. The van der Waals surface area contributed by atoms with Crippen molar-refractivity contribution in [3.8, 4) is 11.8 Å². The van der Waals surface area contributed by atoms with E-state index >= 15 is 0 Å². The van der Waals surface area contributed by atoms with Gasteiger partial charge < -0.3 is 9.84 Å². The zero-order valence-electron chi connectivity index (χ0n) is 13.2. The van der Waals surface area contributed by atoms with E-state index < -0.39 is 21.7 Å². The second kappa shape index (κ2) is 7.30. The predicted molar refractivity (Wildman–Crippen MR) is 86.3 cm³/mol. The van der Waals surface area contributed by atoms with E-state index in [0.717, 1.165) is 6.42 Å². The van der Waals surface area contributed by atoms with Gasteiger partial charge >= 0.3 is 0 Å². The highest BCUT2D eigenvalue weighted by Crippen LogP contribution is 2.39. The summed E-state index contributed by atoms with van der Waals surface area (Å²) in [6.45, 7) is 1.77. The van der Waals surface area contributed by atoms with Crippen LogP contribution in [0.5, 0.6) is 5.75 Å². The maximum Gasteiger partial charge on any atom is 0.211 e. The van der Waals surface area contributed by atoms with Gasteiger partial charge in [-0.25, -0.2) is 13.1 Å². The quantitative estimate of drug-likeness (QED) is 0.787. The molecule has 1 saturated carbocycles. The highest BCUT2D eigenvalue weighted by atomic mass is 32.2. The molecule has 1 aliphatic rings. The van der Waals surface area contributed by atoms with Crippen molar-refractivity contribution < 1.29 is 18.3 Å². The van der Waals surface area contributed by atoms with E-state index in [9.17, 15) is 13.5 Å². The first kappa shape index (κ1) is 17.7. The third-order valence-electron chi connectivity index (χ3n) is 4.08. The van der Waals surface area contributed by atoms with Crippen LogP contribution < -0.4 is 9.46 Å². The molecule has 2 rings (SSSR count). The molecule has 23 heavy (non-hydrogen) atoms. The Morgan fingerprint density at radius 1 is 1.43 bits per heavy atom. The van der Waals surface area contributed by atoms with Gasteiger partial charge in [0.1, 0.15) is 17.4 Å². The topological polar surface area (TPSA) is 99.4 Å². The maximum absolute atomic E-state index is 12.0. The minimum Gasteiger partial charge on any atom is -0.479 e. The zero-order valence-corrected chi connectivity index (χ0v) is 14.0. The van der Waals surface area contributed by atoms with Gasteiger partial charge in [0.25, 0.3) is 0 Å². The average Bonchev–Trinajstić information content (AvgIpc) is 2.87. The predicted octanol–water partition coefficient (Wildman–Crippen LogP) is 1.66. The van der Waals surface area contributed by atoms with Crippen molar-refractivity contribution in [3.63, 3.8) is 0 Å². The van der Waals surface area contributed by atoms with Gasteiger partial charge in [-0.15, -0.1) is 0 Å². The molecule has 0 radical (unpaired) electrons. The first-order valence-electron chi connectivity index (χ1n) is 7.74. The molecule has 0 amide bonds. The van der Waals surface area contributed by atoms with E-state index in [2.05, 4.69) is 4.72 Å². The van der Waals surface area contributed by atoms with Crippen LogP contribution in [0.15, 0.2) is 24.3 Å². The summed E-state index contributed by atoms with van der Waals surface area (Å²) in [5.41, 5.74) is -0.558. The zero-order chi connectivity index (χ0) is 16.9. The highest BCUT2D eigenvalue weighted by molar-refractivity contribution is 7.89. The van der Waals surface area contributed by atoms with Gasteiger partial charge in [0.05, 0.1) is 11.8 Å². The second-order valence-electron chi connectivity index (χ2n) is 5.78. The SMILES string of the molecule is CCCS(=O)(=O)NC1CCCC1(O)c1ccc(OCC#N)cc1. The van der Waals surface area contributed by atoms with E-state index in [-0.39, 0.29) is 12.4 Å². The van der Waals surface area contributed by atoms with Gasteiger partial charge in [-0.1, -0.05) is 19.1 Å². The lowest BCUT2D eigenvalue weighted by Crippen LogP contribution is -2.47. The molecule has 2 unspecified atom stereocenters. The van der Waals surface area contributed by atoms with Crippen LogP contribution in [0.25, 0.3) is 0 Å². The molecule has 1 aromatic carbocycles. The fourth-order valence-corrected chi connectivity index (χ4v) is 4.39. The lowest BCUT2D eigenvalue weighted by atomic mass is 9.89. The van der Waals surface area contributed by atoms with Crippen molar-refractivity contribution in [3.05, 3.63) is 29.8 Å². The Morgan fingerprint density at radius 2 is 2.13 bits per heavy atom. The summed E-state index contributed by atoms with van der Waals surface area (Å²) in [7, 11) is -3.39. The van der Waals surface area contributed by atoms with Crippen molar-refractivity contribution in [2.45, 2.75) is 44.2 Å². The highest BCUT2D eigenvalue weighted by Gasteiger charge is 2.44. The number of rotatable bonds is 7. The van der Waals surface area contributed by atoms with Crippen LogP contribution in [0.3, 0.4) is 0 Å². The van der Waals surface area contributed by atoms with E-state index in [1.165, 1.54) is 0 Å². The molecule has 6 nitrogen and oxygen atoms in total. The van der Waals surface area contributed by atoms with Crippen LogP contribution in [0.1, 0.15) is 38.2 Å². The third-order valence-corrected chi connectivity index (χ3v) is 5.67. The molecule has 1 aromatic rings. The molecule has 1 fully saturated rings. The molecular weight excluding hydrogens is 316 g/mol. The van der Waals surface area contributed by atoms with Crippen LogP contribution in [-0.2, 0) is 15.6 Å². The second-order valence-corrected chi connectivity index (χ2v) is 7.65. The van der Waals surface area contributed by atoms with Crippen LogP contribution in [-0.4, -0.2) is 31.9 Å². The maximum atomic E-state index is 12.0. The van der Waals surface area contributed by atoms with Gasteiger partial charge in [0, 0.05) is 0 Å². The first-order chi connectivity index (χ1) is 10.9. The van der Waals surface area contributed by atoms with Crippen molar-refractivity contribution in [2.75, 3.05) is 12.4 Å². The van der Waals surface area contributed by atoms with Gasteiger partial charge in [-0.2, -0.15) is 5.26 Å². The van der Waals surface area contributed by atoms with Crippen LogP contribution in [0.2, 0.25) is 0 Å². The number of nitrogens with one attached hydrogen (secondary N) is 1. The number of nitrogens with zero attached hydrogens (tertiary/aromatic N) is 1. The van der Waals surface area contributed by atoms with Gasteiger partial charge in [0.2, 0.25) is 10.0 Å². The van der Waals surface area contributed by atoms with Crippen molar-refractivity contribution in [1.82, 2.24) is 4.72 Å². The summed E-state index contributed by atoms with van der Waals surface area (Å²) in [4.78, 5) is 0. The molecule has 0 aliphatic heterocycles. The Kier molecular flexibility index (Phi) is 5.63. The van der Waals surface area contributed by atoms with Crippen molar-refractivity contribution in [2.24, 2.45) is 0 Å². The summed E-state index contributed by atoms with van der Waals surface area (Å²) in [6, 6.07) is 8.17. The lowest BCUT2D eigenvalue weighted by molar-refractivity contribution is 0.0231. The van der Waals surface area contributed by atoms with Crippen LogP contribution in [0, 0.1) is 11.3 Å². The van der Waals surface area contributed by atoms with E-state index in [1.54, 1.807) is 31.2 Å². The smallest absolute Gasteiger partial charge is 0.211 e. The van der Waals surface area contributed by atoms with Crippen LogP contribution in [0.4, 0.5) is 0 Å². The fraction of sp³-hybridized carbons (Fsp3) is 0.562. The van der Waals surface area contributed by atoms with E-state index in [1.807, 2.05) is 6.07 Å². The Bertz CT molecular complexity index is 666. The largest absolute Gasteiger partial charge is 0.479 e. The van der Waals surface area contributed by atoms with Crippen LogP contribution >= 0.6 is 0 Å². The molecule has 2 atom stereocenters. The number of benzene rings is 1. The first-order valence-corrected chi connectivity index (χ1v) is 9.39. The summed E-state index contributed by atoms with van der Waals surface area (Å²) >= 11 is 0. The summed E-state index contributed by atoms with van der Waals surface area (Å²) in [5.74, 6) is 0.598. The van der Waals surface area contributed by atoms with Crippen molar-refractivity contribution in [1.29, 1.82) is 5.26 Å². The van der Waals surface area contributed by atoms with Gasteiger partial charge in [-0.3, -0.25) is 0 Å². The molecule has 0 spiro atoms. The Labute approximate surface area is 137 Å². The fourth-order valence-electron chi connectivity index (χ4n) is 2.99. The van der Waals surface area contributed by atoms with E-state index in [4.69, 9.17) is 10.00 Å². The molecular formula is C16H22N2O4S. The van der Waals surface area contributed by atoms with E-state index in [0.29, 0.717) is 30.6 Å². The molecule has 0 heterocycles. The van der Waals surface area contributed by atoms with Gasteiger partial charge in [-0.05, 0) is 43.4 Å². The summed E-state index contributed by atoms with van der Waals surface area (Å²) in [6.07, 6.45) is 2.39. The summed E-state index contributed by atoms with van der Waals surface area (Å²) < 4.78 is 31.8. The number of ether oxygens (including phenoxy) is 1. The molecule has 2 N–H and O–H groups in total. The number of hydrogen-bond acceptors (Lipinski definition) is 5. The number of aliphatic hydroxyl groups is 1. The molecule has 1 aliphatic carbocycles. The molecule has 0 bridgehead atoms. The minimum absolute atomic E-state index is 0.0386. The molecule has 7 heteroatoms. The monoisotopic (exact) mass is 338 g/mol. The standard InChI is InChI=1S/C16H22N2O4S/c1-2-12-23(20,21)18-15-4-3-9-16(15,19)13-5-7-14(8-6-13)22-11-10-17/h5-8,15,18-19H,2-4,9,11-12H2,1H3. The number of hydrogen-bond donors (Lipinski definition) is 2. The minimum atomic E-state index is -3.39. The molecule has 0 saturated heterocycles. The Balaban J connectivity index is 2.17. The Morgan fingerprint density at radius 3 is 2.74 bits per heavy atom. The number of nitriles is 1. The lowest BCUT2D eigenvalue weighted by Gasteiger charge is -2.31. The average molecular weight is 338 g/mol. The normalized spacial score (nSPS) is 24.3. The molecule has 126 valence electrons. The number of sulfonamides is 1. The van der Waals surface area contributed by atoms with Crippen molar-refractivity contribution >= 4 is 10.0 Å². The summed E-state index contributed by atoms with van der Waals surface area (Å²) in [5, 5.41) is 19.5. The van der Waals surface area contributed by atoms with Gasteiger partial charge in [0.15, 0.2) is 6.61 Å². The third kappa shape index (κ3) is 4.22.